The lowest BCUT2D eigenvalue weighted by Gasteiger charge is -2.26. The smallest absolute Gasteiger partial charge is 0.113 e. The molecule has 0 aliphatic carbocycles. The normalized spacial score (nSPS) is 11.1. The van der Waals surface area contributed by atoms with E-state index >= 15 is 0 Å². The molecule has 1 heterocycles. The van der Waals surface area contributed by atoms with Gasteiger partial charge in [0.05, 0.1) is 5.69 Å². The number of rotatable bonds is 8. The Hall–Kier alpha value is -7.04. The van der Waals surface area contributed by atoms with Crippen LogP contribution in [0.25, 0.3) is 61.2 Å². The molecule has 246 valence electrons. The molecule has 0 saturated heterocycles. The molecule has 0 atom stereocenters. The van der Waals surface area contributed by atoms with Gasteiger partial charge in [0.25, 0.3) is 0 Å². The quantitative estimate of drug-likeness (QED) is 0.162. The Balaban J connectivity index is 1.16. The van der Waals surface area contributed by atoms with E-state index in [-0.39, 0.29) is 0 Å². The molecule has 0 amide bonds. The lowest BCUT2D eigenvalue weighted by atomic mass is 9.84. The fraction of sp³-hybridized carbons (Fsp3) is 0. The van der Waals surface area contributed by atoms with Crippen LogP contribution in [0.3, 0.4) is 0 Å². The summed E-state index contributed by atoms with van der Waals surface area (Å²) in [6, 6.07) is 72.6. The van der Waals surface area contributed by atoms with Crippen molar-refractivity contribution in [1.29, 1.82) is 0 Å². The summed E-state index contributed by atoms with van der Waals surface area (Å²) in [4.78, 5) is 3.99. The average molecular weight is 667 g/mol. The van der Waals surface area contributed by atoms with Crippen molar-refractivity contribution in [3.63, 3.8) is 0 Å². The van der Waals surface area contributed by atoms with Crippen LogP contribution in [0.4, 0.5) is 17.1 Å². The van der Waals surface area contributed by atoms with Gasteiger partial charge in [-0.05, 0) is 117 Å². The first-order valence-corrected chi connectivity index (χ1v) is 17.5. The van der Waals surface area contributed by atoms with Crippen LogP contribution in [0.2, 0.25) is 0 Å². The van der Waals surface area contributed by atoms with Crippen LogP contribution >= 0.6 is 0 Å². The second-order valence-electron chi connectivity index (χ2n) is 12.8. The molecule has 0 N–H and O–H groups in total. The highest BCUT2D eigenvalue weighted by atomic mass is 15.5. The predicted octanol–water partition coefficient (Wildman–Crippen LogP) is 12.6. The van der Waals surface area contributed by atoms with Crippen molar-refractivity contribution in [3.8, 4) is 50.2 Å². The van der Waals surface area contributed by atoms with Crippen LogP contribution in [-0.2, 0) is 0 Å². The summed E-state index contributed by atoms with van der Waals surface area (Å²) in [6.07, 6.45) is 0. The molecule has 9 rings (SSSR count). The van der Waals surface area contributed by atoms with E-state index in [2.05, 4.69) is 197 Å². The molecule has 8 aromatic carbocycles. The average Bonchev–Trinajstić information content (AvgIpc) is 3.67. The maximum atomic E-state index is 4.68. The van der Waals surface area contributed by atoms with Crippen LogP contribution in [0.1, 0.15) is 0 Å². The van der Waals surface area contributed by atoms with Gasteiger partial charge in [-0.25, -0.2) is 0 Å². The molecule has 0 fully saturated rings. The van der Waals surface area contributed by atoms with Crippen molar-refractivity contribution in [2.24, 2.45) is 0 Å². The topological polar surface area (TPSA) is 34.0 Å². The first-order valence-electron chi connectivity index (χ1n) is 17.5. The molecule has 0 aliphatic heterocycles. The Morgan fingerprint density at radius 3 is 1.23 bits per heavy atom. The molecule has 52 heavy (non-hydrogen) atoms. The second-order valence-corrected chi connectivity index (χ2v) is 12.8. The molecule has 0 spiro atoms. The highest BCUT2D eigenvalue weighted by Crippen LogP contribution is 2.44. The van der Waals surface area contributed by atoms with E-state index < -0.39 is 0 Å². The van der Waals surface area contributed by atoms with Crippen LogP contribution in [0.15, 0.2) is 206 Å². The summed E-state index contributed by atoms with van der Waals surface area (Å²) in [5, 5.41) is 9.37. The highest BCUT2D eigenvalue weighted by Gasteiger charge is 2.19. The lowest BCUT2D eigenvalue weighted by Crippen LogP contribution is -2.10. The van der Waals surface area contributed by atoms with Gasteiger partial charge in [0.15, 0.2) is 0 Å². The second kappa shape index (κ2) is 13.7. The molecule has 9 aromatic rings. The SMILES string of the molecule is c1ccc(-c2cc(-c3ccccc3)c(-c3ccc(N(c4ccccc4)c4ccc(-n5nc6ccccc6n5)cc4)cc3)c(-c3ccccc3)c2)cc1. The van der Waals surface area contributed by atoms with Crippen molar-refractivity contribution in [1.82, 2.24) is 15.0 Å². The van der Waals surface area contributed by atoms with Crippen molar-refractivity contribution < 1.29 is 0 Å². The fourth-order valence-electron chi connectivity index (χ4n) is 6.95. The molecule has 0 aliphatic rings. The zero-order valence-electron chi connectivity index (χ0n) is 28.4. The van der Waals surface area contributed by atoms with E-state index in [9.17, 15) is 0 Å². The number of nitrogens with zero attached hydrogens (tertiary/aromatic N) is 4. The van der Waals surface area contributed by atoms with Gasteiger partial charge in [-0.2, -0.15) is 4.80 Å². The summed E-state index contributed by atoms with van der Waals surface area (Å²) in [7, 11) is 0. The van der Waals surface area contributed by atoms with Gasteiger partial charge >= 0.3 is 0 Å². The van der Waals surface area contributed by atoms with E-state index in [1.54, 1.807) is 4.80 Å². The third-order valence-corrected chi connectivity index (χ3v) is 9.47. The summed E-state index contributed by atoms with van der Waals surface area (Å²) in [6.45, 7) is 0. The fourth-order valence-corrected chi connectivity index (χ4v) is 6.95. The summed E-state index contributed by atoms with van der Waals surface area (Å²) >= 11 is 0. The number of anilines is 3. The van der Waals surface area contributed by atoms with E-state index in [4.69, 9.17) is 0 Å². The van der Waals surface area contributed by atoms with Crippen molar-refractivity contribution in [3.05, 3.63) is 206 Å². The molecule has 0 bridgehead atoms. The van der Waals surface area contributed by atoms with Crippen molar-refractivity contribution in [2.75, 3.05) is 4.90 Å². The minimum atomic E-state index is 0.873. The van der Waals surface area contributed by atoms with Crippen molar-refractivity contribution in [2.45, 2.75) is 0 Å². The maximum Gasteiger partial charge on any atom is 0.113 e. The van der Waals surface area contributed by atoms with Gasteiger partial charge in [0.2, 0.25) is 0 Å². The van der Waals surface area contributed by atoms with Crippen LogP contribution in [0.5, 0.6) is 0 Å². The van der Waals surface area contributed by atoms with Crippen LogP contribution < -0.4 is 4.90 Å². The number of hydrogen-bond donors (Lipinski definition) is 0. The predicted molar refractivity (Wildman–Crippen MR) is 215 cm³/mol. The Bertz CT molecular complexity index is 2490. The summed E-state index contributed by atoms with van der Waals surface area (Å²) < 4.78 is 0. The molecule has 0 radical (unpaired) electrons. The number of para-hydroxylation sites is 1. The maximum absolute atomic E-state index is 4.68. The number of aromatic nitrogens is 3. The zero-order valence-corrected chi connectivity index (χ0v) is 28.4. The van der Waals surface area contributed by atoms with Crippen LogP contribution in [-0.4, -0.2) is 15.0 Å². The number of fused-ring (bicyclic) bond motifs is 1. The third-order valence-electron chi connectivity index (χ3n) is 9.47. The van der Waals surface area contributed by atoms with Gasteiger partial charge in [-0.3, -0.25) is 0 Å². The van der Waals surface area contributed by atoms with E-state index in [1.165, 1.54) is 38.9 Å². The number of benzene rings is 8. The van der Waals surface area contributed by atoms with E-state index in [0.29, 0.717) is 0 Å². The van der Waals surface area contributed by atoms with Gasteiger partial charge in [-0.1, -0.05) is 133 Å². The Labute approximate surface area is 303 Å². The molecular formula is C48H34N4. The molecule has 0 saturated carbocycles. The first kappa shape index (κ1) is 31.0. The minimum Gasteiger partial charge on any atom is -0.311 e. The molecule has 1 aromatic heterocycles. The minimum absolute atomic E-state index is 0.873. The van der Waals surface area contributed by atoms with Gasteiger partial charge in [-0.15, -0.1) is 10.2 Å². The Morgan fingerprint density at radius 2 is 0.731 bits per heavy atom. The molecular weight excluding hydrogens is 633 g/mol. The van der Waals surface area contributed by atoms with E-state index in [0.717, 1.165) is 39.3 Å². The molecule has 4 heteroatoms. The van der Waals surface area contributed by atoms with Gasteiger partial charge in [0.1, 0.15) is 11.0 Å². The van der Waals surface area contributed by atoms with Gasteiger partial charge < -0.3 is 4.90 Å². The number of hydrogen-bond acceptors (Lipinski definition) is 3. The summed E-state index contributed by atoms with van der Waals surface area (Å²) in [5.41, 5.74) is 15.3. The lowest BCUT2D eigenvalue weighted by molar-refractivity contribution is 0.766. The monoisotopic (exact) mass is 666 g/mol. The van der Waals surface area contributed by atoms with Crippen molar-refractivity contribution >= 4 is 28.1 Å². The zero-order chi connectivity index (χ0) is 34.7. The highest BCUT2D eigenvalue weighted by molar-refractivity contribution is 5.98. The largest absolute Gasteiger partial charge is 0.311 e. The van der Waals surface area contributed by atoms with Gasteiger partial charge in [0, 0.05) is 17.1 Å². The molecule has 4 nitrogen and oxygen atoms in total. The molecule has 0 unspecified atom stereocenters. The first-order chi connectivity index (χ1) is 25.8. The standard InChI is InChI=1S/C48H34N4/c1-5-15-35(16-6-1)39-33-44(36-17-7-2-8-18-36)48(45(34-39)37-19-9-3-10-20-37)38-25-27-41(28-26-38)51(40-21-11-4-12-22-40)42-29-31-43(32-30-42)52-49-46-23-13-14-24-47(46)50-52/h1-34H. The Morgan fingerprint density at radius 1 is 0.327 bits per heavy atom. The summed E-state index contributed by atoms with van der Waals surface area (Å²) in [5.74, 6) is 0. The Kier molecular flexibility index (Phi) is 8.16. The third kappa shape index (κ3) is 6.03. The van der Waals surface area contributed by atoms with Crippen LogP contribution in [0, 0.1) is 0 Å². The van der Waals surface area contributed by atoms with E-state index in [1.807, 2.05) is 24.3 Å².